The molecule has 0 atom stereocenters. The van der Waals surface area contributed by atoms with Gasteiger partial charge in [-0.1, -0.05) is 11.8 Å². The van der Waals surface area contributed by atoms with E-state index in [1.165, 1.54) is 6.07 Å². The lowest BCUT2D eigenvalue weighted by molar-refractivity contribution is 0.0695. The van der Waals surface area contributed by atoms with E-state index in [1.54, 1.807) is 0 Å². The molecule has 78 valence electrons. The first-order chi connectivity index (χ1) is 7.51. The van der Waals surface area contributed by atoms with E-state index in [0.717, 1.165) is 6.07 Å². The summed E-state index contributed by atoms with van der Waals surface area (Å²) >= 11 is 0. The van der Waals surface area contributed by atoms with Gasteiger partial charge in [0.25, 0.3) is 0 Å². The molecule has 0 unspecified atom stereocenters. The molecule has 2 N–H and O–H groups in total. The van der Waals surface area contributed by atoms with Crippen molar-refractivity contribution in [2.24, 2.45) is 0 Å². The topological polar surface area (TPSA) is 74.6 Å². The largest absolute Gasteiger partial charge is 0.478 e. The standard InChI is InChI=1S/C12H6O4/c1-3-7-5-8(4-2)10(12(15)16)6-9(7)11(13)14/h1-2,5-6H,(H,13,14)(H,15,16). The summed E-state index contributed by atoms with van der Waals surface area (Å²) in [4.78, 5) is 21.6. The third-order valence-electron chi connectivity index (χ3n) is 1.93. The molecule has 0 aromatic heterocycles. The van der Waals surface area contributed by atoms with Crippen LogP contribution in [0.25, 0.3) is 0 Å². The van der Waals surface area contributed by atoms with Crippen molar-refractivity contribution in [1.29, 1.82) is 0 Å². The second-order valence-electron chi connectivity index (χ2n) is 2.84. The lowest BCUT2D eigenvalue weighted by Crippen LogP contribution is -2.07. The summed E-state index contributed by atoms with van der Waals surface area (Å²) in [5.41, 5.74) is -0.381. The van der Waals surface area contributed by atoms with E-state index < -0.39 is 11.9 Å². The van der Waals surface area contributed by atoms with Gasteiger partial charge in [-0.3, -0.25) is 0 Å². The molecule has 16 heavy (non-hydrogen) atoms. The molecule has 0 saturated carbocycles. The second kappa shape index (κ2) is 4.20. The van der Waals surface area contributed by atoms with E-state index >= 15 is 0 Å². The summed E-state index contributed by atoms with van der Waals surface area (Å²) in [7, 11) is 0. The smallest absolute Gasteiger partial charge is 0.336 e. The Morgan fingerprint density at radius 2 is 1.31 bits per heavy atom. The third kappa shape index (κ3) is 1.87. The van der Waals surface area contributed by atoms with Crippen LogP contribution in [0.15, 0.2) is 12.1 Å². The zero-order chi connectivity index (χ0) is 12.3. The molecule has 0 fully saturated rings. The Balaban J connectivity index is 3.63. The first-order valence-corrected chi connectivity index (χ1v) is 4.09. The minimum Gasteiger partial charge on any atom is -0.478 e. The fraction of sp³-hybridized carbons (Fsp3) is 0. The van der Waals surface area contributed by atoms with Crippen molar-refractivity contribution in [3.63, 3.8) is 0 Å². The minimum atomic E-state index is -1.29. The summed E-state index contributed by atoms with van der Waals surface area (Å²) in [6.07, 6.45) is 10.2. The van der Waals surface area contributed by atoms with E-state index in [1.807, 2.05) is 0 Å². The number of hydrogen-bond donors (Lipinski definition) is 2. The van der Waals surface area contributed by atoms with Gasteiger partial charge in [0.1, 0.15) is 0 Å². The van der Waals surface area contributed by atoms with Gasteiger partial charge in [0.2, 0.25) is 0 Å². The van der Waals surface area contributed by atoms with Crippen LogP contribution in [0.5, 0.6) is 0 Å². The highest BCUT2D eigenvalue weighted by molar-refractivity contribution is 5.97. The number of carbonyl (C=O) groups is 2. The first-order valence-electron chi connectivity index (χ1n) is 4.09. The zero-order valence-electron chi connectivity index (χ0n) is 8.02. The van der Waals surface area contributed by atoms with E-state index in [0.29, 0.717) is 0 Å². The molecule has 0 aliphatic rings. The normalized spacial score (nSPS) is 8.88. The fourth-order valence-electron chi connectivity index (χ4n) is 1.19. The number of carboxylic acid groups (broad SMARTS) is 2. The van der Waals surface area contributed by atoms with Crippen LogP contribution in [0, 0.1) is 24.7 Å². The lowest BCUT2D eigenvalue weighted by atomic mass is 9.99. The van der Waals surface area contributed by atoms with Gasteiger partial charge in [-0.05, 0) is 12.1 Å². The Kier molecular flexibility index (Phi) is 2.98. The first kappa shape index (κ1) is 11.4. The van der Waals surface area contributed by atoms with Crippen LogP contribution < -0.4 is 0 Å². The Morgan fingerprint density at radius 3 is 1.56 bits per heavy atom. The maximum Gasteiger partial charge on any atom is 0.336 e. The Labute approximate surface area is 91.5 Å². The summed E-state index contributed by atoms with van der Waals surface area (Å²) < 4.78 is 0. The van der Waals surface area contributed by atoms with E-state index in [9.17, 15) is 9.59 Å². The predicted octanol–water partition coefficient (Wildman–Crippen LogP) is 1.05. The van der Waals surface area contributed by atoms with Crippen molar-refractivity contribution >= 4 is 11.9 Å². The van der Waals surface area contributed by atoms with Crippen LogP contribution in [0.3, 0.4) is 0 Å². The van der Waals surface area contributed by atoms with Gasteiger partial charge in [0, 0.05) is 11.1 Å². The van der Waals surface area contributed by atoms with Crippen molar-refractivity contribution < 1.29 is 19.8 Å². The quantitative estimate of drug-likeness (QED) is 0.721. The van der Waals surface area contributed by atoms with Gasteiger partial charge in [-0.25, -0.2) is 9.59 Å². The average Bonchev–Trinajstić information content (AvgIpc) is 2.26. The molecule has 0 saturated heterocycles. The third-order valence-corrected chi connectivity index (χ3v) is 1.93. The van der Waals surface area contributed by atoms with Crippen molar-refractivity contribution in [3.8, 4) is 24.7 Å². The molecule has 4 nitrogen and oxygen atoms in total. The van der Waals surface area contributed by atoms with E-state index in [2.05, 4.69) is 11.8 Å². The van der Waals surface area contributed by atoms with Crippen molar-refractivity contribution in [2.45, 2.75) is 0 Å². The summed E-state index contributed by atoms with van der Waals surface area (Å²) in [5.74, 6) is 1.71. The molecule has 0 aliphatic carbocycles. The summed E-state index contributed by atoms with van der Waals surface area (Å²) in [6, 6.07) is 2.17. The van der Waals surface area contributed by atoms with Crippen molar-refractivity contribution in [1.82, 2.24) is 0 Å². The van der Waals surface area contributed by atoms with Gasteiger partial charge >= 0.3 is 11.9 Å². The van der Waals surface area contributed by atoms with Gasteiger partial charge in [0.05, 0.1) is 11.1 Å². The minimum absolute atomic E-state index is 0.0606. The number of aromatic carboxylic acids is 2. The highest BCUT2D eigenvalue weighted by Crippen LogP contribution is 2.16. The fourth-order valence-corrected chi connectivity index (χ4v) is 1.19. The second-order valence-corrected chi connectivity index (χ2v) is 2.84. The van der Waals surface area contributed by atoms with Crippen LogP contribution in [-0.2, 0) is 0 Å². The Hall–Kier alpha value is -2.72. The van der Waals surface area contributed by atoms with Crippen LogP contribution in [0.4, 0.5) is 0 Å². The van der Waals surface area contributed by atoms with Crippen molar-refractivity contribution in [2.75, 3.05) is 0 Å². The zero-order valence-corrected chi connectivity index (χ0v) is 8.02. The molecule has 0 spiro atoms. The van der Waals surface area contributed by atoms with E-state index in [4.69, 9.17) is 23.1 Å². The maximum atomic E-state index is 10.8. The number of carboxylic acids is 2. The molecule has 0 radical (unpaired) electrons. The molecule has 1 rings (SSSR count). The number of benzene rings is 1. The molecule has 4 heteroatoms. The van der Waals surface area contributed by atoms with Gasteiger partial charge in [-0.2, -0.15) is 0 Å². The summed E-state index contributed by atoms with van der Waals surface area (Å²) in [5, 5.41) is 17.7. The Bertz CT molecular complexity index is 508. The molecule has 0 aliphatic heterocycles. The average molecular weight is 214 g/mol. The van der Waals surface area contributed by atoms with E-state index in [-0.39, 0.29) is 22.3 Å². The molecule has 1 aromatic rings. The molecule has 1 aromatic carbocycles. The summed E-state index contributed by atoms with van der Waals surface area (Å²) in [6.45, 7) is 0. The Morgan fingerprint density at radius 1 is 0.938 bits per heavy atom. The molecule has 0 bridgehead atoms. The molecular formula is C12H6O4. The highest BCUT2D eigenvalue weighted by Gasteiger charge is 2.16. The van der Waals surface area contributed by atoms with Gasteiger partial charge in [0.15, 0.2) is 0 Å². The van der Waals surface area contributed by atoms with Crippen LogP contribution >= 0.6 is 0 Å². The van der Waals surface area contributed by atoms with Gasteiger partial charge < -0.3 is 10.2 Å². The lowest BCUT2D eigenvalue weighted by Gasteiger charge is -2.04. The molecule has 0 amide bonds. The number of rotatable bonds is 2. The maximum absolute atomic E-state index is 10.8. The van der Waals surface area contributed by atoms with Crippen molar-refractivity contribution in [3.05, 3.63) is 34.4 Å². The van der Waals surface area contributed by atoms with Crippen LogP contribution in [-0.4, -0.2) is 22.2 Å². The SMILES string of the molecule is C#Cc1cc(C#C)c(C(=O)O)cc1C(=O)O. The number of hydrogen-bond acceptors (Lipinski definition) is 2. The molecule has 0 heterocycles. The van der Waals surface area contributed by atoms with Gasteiger partial charge in [-0.15, -0.1) is 12.8 Å². The number of terminal acetylenes is 2. The molecular weight excluding hydrogens is 208 g/mol. The predicted molar refractivity (Wildman–Crippen MR) is 56.2 cm³/mol. The highest BCUT2D eigenvalue weighted by atomic mass is 16.4. The van der Waals surface area contributed by atoms with Crippen LogP contribution in [0.2, 0.25) is 0 Å². The monoisotopic (exact) mass is 214 g/mol. The van der Waals surface area contributed by atoms with Crippen LogP contribution in [0.1, 0.15) is 31.8 Å².